The molecule has 1 rings (SSSR count). The predicted octanol–water partition coefficient (Wildman–Crippen LogP) is 1.04. The van der Waals surface area contributed by atoms with Crippen LogP contribution < -0.4 is 16.2 Å². The van der Waals surface area contributed by atoms with Gasteiger partial charge in [-0.25, -0.2) is 0 Å². The number of likely N-dealkylation sites (N-methyl/N-ethyl adjacent to an activating group) is 1. The maximum Gasteiger partial charge on any atom is 0.185 e. The van der Waals surface area contributed by atoms with Crippen molar-refractivity contribution in [3.05, 3.63) is 30.3 Å². The first kappa shape index (κ1) is 12.7. The second-order valence-corrected chi connectivity index (χ2v) is 4.08. The number of thiocarbonyl (C=S) groups is 1. The van der Waals surface area contributed by atoms with E-state index in [0.717, 1.165) is 18.8 Å². The van der Waals surface area contributed by atoms with Gasteiger partial charge in [0.05, 0.1) is 5.69 Å². The van der Waals surface area contributed by atoms with E-state index in [0.29, 0.717) is 5.11 Å². The van der Waals surface area contributed by atoms with E-state index in [9.17, 15) is 0 Å². The van der Waals surface area contributed by atoms with E-state index in [-0.39, 0.29) is 0 Å². The van der Waals surface area contributed by atoms with E-state index in [2.05, 4.69) is 21.1 Å². The molecule has 0 radical (unpaired) electrons. The van der Waals surface area contributed by atoms with Crippen LogP contribution in [0.1, 0.15) is 0 Å². The quantitative estimate of drug-likeness (QED) is 0.528. The van der Waals surface area contributed by atoms with Gasteiger partial charge in [0.1, 0.15) is 0 Å². The molecule has 0 atom stereocenters. The van der Waals surface area contributed by atoms with Gasteiger partial charge < -0.3 is 10.2 Å². The number of nitrogens with zero attached hydrogens (tertiary/aromatic N) is 1. The molecule has 3 N–H and O–H groups in total. The fourth-order valence-electron chi connectivity index (χ4n) is 1.09. The van der Waals surface area contributed by atoms with E-state index in [1.165, 1.54) is 0 Å². The van der Waals surface area contributed by atoms with Gasteiger partial charge in [-0.15, -0.1) is 0 Å². The van der Waals surface area contributed by atoms with Gasteiger partial charge in [-0.05, 0) is 38.4 Å². The van der Waals surface area contributed by atoms with Gasteiger partial charge in [0.2, 0.25) is 0 Å². The summed E-state index contributed by atoms with van der Waals surface area (Å²) >= 11 is 5.10. The highest BCUT2D eigenvalue weighted by Crippen LogP contribution is 2.02. The lowest BCUT2D eigenvalue weighted by Gasteiger charge is -2.14. The van der Waals surface area contributed by atoms with Gasteiger partial charge in [0.15, 0.2) is 5.11 Å². The van der Waals surface area contributed by atoms with Crippen LogP contribution in [-0.4, -0.2) is 37.2 Å². The average Bonchev–Trinajstić information content (AvgIpc) is 2.27. The highest BCUT2D eigenvalue weighted by atomic mass is 32.1. The van der Waals surface area contributed by atoms with Crippen LogP contribution >= 0.6 is 12.2 Å². The van der Waals surface area contributed by atoms with Crippen LogP contribution in [0.5, 0.6) is 0 Å². The van der Waals surface area contributed by atoms with Crippen LogP contribution in [0, 0.1) is 0 Å². The molecule has 0 fully saturated rings. The predicted molar refractivity (Wildman–Crippen MR) is 72.4 cm³/mol. The largest absolute Gasteiger partial charge is 0.360 e. The molecule has 1 aromatic rings. The molecule has 0 saturated carbocycles. The minimum Gasteiger partial charge on any atom is -0.360 e. The van der Waals surface area contributed by atoms with E-state index < -0.39 is 0 Å². The summed E-state index contributed by atoms with van der Waals surface area (Å²) in [4.78, 5) is 2.10. The lowest BCUT2D eigenvalue weighted by Crippen LogP contribution is -2.41. The number of hydrazine groups is 1. The van der Waals surface area contributed by atoms with Crippen LogP contribution in [0.4, 0.5) is 5.69 Å². The molecule has 0 unspecified atom stereocenters. The van der Waals surface area contributed by atoms with Gasteiger partial charge in [0, 0.05) is 13.1 Å². The summed E-state index contributed by atoms with van der Waals surface area (Å²) in [6.07, 6.45) is 0. The molecule has 0 aromatic heterocycles. The van der Waals surface area contributed by atoms with Gasteiger partial charge in [-0.3, -0.25) is 10.9 Å². The summed E-state index contributed by atoms with van der Waals surface area (Å²) in [5.41, 5.74) is 6.93. The summed E-state index contributed by atoms with van der Waals surface area (Å²) in [5, 5.41) is 3.70. The molecule has 0 saturated heterocycles. The number of rotatable bonds is 5. The number of anilines is 1. The summed E-state index contributed by atoms with van der Waals surface area (Å²) in [6, 6.07) is 9.84. The van der Waals surface area contributed by atoms with Crippen molar-refractivity contribution in [3.8, 4) is 0 Å². The lowest BCUT2D eigenvalue weighted by atomic mass is 10.3. The van der Waals surface area contributed by atoms with Crippen molar-refractivity contribution >= 4 is 23.0 Å². The Bertz CT molecular complexity index is 313. The molecular weight excluding hydrogens is 220 g/mol. The van der Waals surface area contributed by atoms with Crippen molar-refractivity contribution in [2.75, 3.05) is 32.6 Å². The van der Waals surface area contributed by atoms with Crippen molar-refractivity contribution in [1.82, 2.24) is 15.6 Å². The monoisotopic (exact) mass is 238 g/mol. The second kappa shape index (κ2) is 7.03. The Kier molecular flexibility index (Phi) is 5.60. The maximum absolute atomic E-state index is 5.10. The number of nitrogens with one attached hydrogen (secondary N) is 3. The molecule has 0 aliphatic heterocycles. The summed E-state index contributed by atoms with van der Waals surface area (Å²) in [5.74, 6) is 0. The number of benzene rings is 1. The molecule has 0 spiro atoms. The van der Waals surface area contributed by atoms with Crippen LogP contribution in [0.25, 0.3) is 0 Å². The third-order valence-corrected chi connectivity index (χ3v) is 2.19. The van der Waals surface area contributed by atoms with E-state index in [1.807, 2.05) is 44.4 Å². The third-order valence-electron chi connectivity index (χ3n) is 1.94. The van der Waals surface area contributed by atoms with Gasteiger partial charge in [-0.1, -0.05) is 18.2 Å². The SMILES string of the molecule is CN(C)CCNC(=S)NNc1ccccc1. The first-order valence-corrected chi connectivity index (χ1v) is 5.59. The Morgan fingerprint density at radius 2 is 1.94 bits per heavy atom. The first-order chi connectivity index (χ1) is 7.68. The molecule has 0 bridgehead atoms. The van der Waals surface area contributed by atoms with Crippen molar-refractivity contribution < 1.29 is 0 Å². The van der Waals surface area contributed by atoms with Crippen molar-refractivity contribution in [3.63, 3.8) is 0 Å². The van der Waals surface area contributed by atoms with Crippen LogP contribution in [0.2, 0.25) is 0 Å². The number of hydrogen-bond acceptors (Lipinski definition) is 3. The average molecular weight is 238 g/mol. The standard InChI is InChI=1S/C11H18N4S/c1-15(2)9-8-12-11(16)14-13-10-6-4-3-5-7-10/h3-7,13H,8-9H2,1-2H3,(H2,12,14,16). The fourth-order valence-corrected chi connectivity index (χ4v) is 1.24. The third kappa shape index (κ3) is 5.53. The van der Waals surface area contributed by atoms with E-state index >= 15 is 0 Å². The lowest BCUT2D eigenvalue weighted by molar-refractivity contribution is 0.412. The molecule has 16 heavy (non-hydrogen) atoms. The molecule has 88 valence electrons. The second-order valence-electron chi connectivity index (χ2n) is 3.68. The minimum absolute atomic E-state index is 0.603. The van der Waals surface area contributed by atoms with Crippen molar-refractivity contribution in [2.24, 2.45) is 0 Å². The molecule has 0 aliphatic rings. The molecule has 5 heteroatoms. The maximum atomic E-state index is 5.10. The summed E-state index contributed by atoms with van der Waals surface area (Å²) < 4.78 is 0. The summed E-state index contributed by atoms with van der Waals surface area (Å²) in [7, 11) is 4.06. The Balaban J connectivity index is 2.16. The Morgan fingerprint density at radius 1 is 1.25 bits per heavy atom. The topological polar surface area (TPSA) is 39.3 Å². The van der Waals surface area contributed by atoms with Gasteiger partial charge in [0.25, 0.3) is 0 Å². The molecule has 1 aromatic carbocycles. The Hall–Kier alpha value is -1.33. The van der Waals surface area contributed by atoms with Crippen LogP contribution in [0.15, 0.2) is 30.3 Å². The van der Waals surface area contributed by atoms with Gasteiger partial charge in [-0.2, -0.15) is 0 Å². The highest BCUT2D eigenvalue weighted by molar-refractivity contribution is 7.80. The van der Waals surface area contributed by atoms with E-state index in [4.69, 9.17) is 12.2 Å². The normalized spacial score (nSPS) is 9.94. The van der Waals surface area contributed by atoms with Crippen molar-refractivity contribution in [2.45, 2.75) is 0 Å². The zero-order valence-corrected chi connectivity index (χ0v) is 10.5. The smallest absolute Gasteiger partial charge is 0.185 e. The molecule has 4 nitrogen and oxygen atoms in total. The minimum atomic E-state index is 0.603. The molecule has 0 amide bonds. The highest BCUT2D eigenvalue weighted by Gasteiger charge is 1.95. The molecule has 0 heterocycles. The fraction of sp³-hybridized carbons (Fsp3) is 0.364. The van der Waals surface area contributed by atoms with E-state index in [1.54, 1.807) is 0 Å². The Labute approximate surface area is 102 Å². The van der Waals surface area contributed by atoms with Crippen LogP contribution in [0.3, 0.4) is 0 Å². The zero-order chi connectivity index (χ0) is 11.8. The number of para-hydroxylation sites is 1. The molecule has 0 aliphatic carbocycles. The van der Waals surface area contributed by atoms with Crippen molar-refractivity contribution in [1.29, 1.82) is 0 Å². The number of hydrogen-bond donors (Lipinski definition) is 3. The van der Waals surface area contributed by atoms with Gasteiger partial charge >= 0.3 is 0 Å². The molecular formula is C11H18N4S. The zero-order valence-electron chi connectivity index (χ0n) is 9.66. The first-order valence-electron chi connectivity index (χ1n) is 5.18. The Morgan fingerprint density at radius 3 is 2.56 bits per heavy atom. The van der Waals surface area contributed by atoms with Crippen LogP contribution in [-0.2, 0) is 0 Å². The summed E-state index contributed by atoms with van der Waals surface area (Å²) in [6.45, 7) is 1.78.